The second-order valence-corrected chi connectivity index (χ2v) is 7.15. The number of fused-ring (bicyclic) bond motifs is 1. The predicted molar refractivity (Wildman–Crippen MR) is 88.6 cm³/mol. The maximum atomic E-state index is 6.03. The minimum atomic E-state index is 0.336. The van der Waals surface area contributed by atoms with Crippen LogP contribution in [0.25, 0.3) is 10.1 Å². The van der Waals surface area contributed by atoms with Crippen molar-refractivity contribution in [1.82, 2.24) is 0 Å². The first kappa shape index (κ1) is 13.2. The average Bonchev–Trinajstić information content (AvgIpc) is 2.82. The largest absolute Gasteiger partial charge is 0.139 e. The summed E-state index contributed by atoms with van der Waals surface area (Å²) in [7, 11) is 0. The lowest BCUT2D eigenvalue weighted by molar-refractivity contribution is 0.970. The van der Waals surface area contributed by atoms with E-state index in [0.717, 1.165) is 11.4 Å². The number of rotatable bonds is 3. The van der Waals surface area contributed by atoms with Gasteiger partial charge in [0, 0.05) is 14.6 Å². The maximum Gasteiger partial charge on any atom is 0.0529 e. The Morgan fingerprint density at radius 2 is 1.89 bits per heavy atom. The summed E-state index contributed by atoms with van der Waals surface area (Å²) >= 11 is 11.7. The van der Waals surface area contributed by atoms with E-state index in [1.807, 2.05) is 29.5 Å². The third kappa shape index (κ3) is 3.02. The normalized spacial score (nSPS) is 12.7. The molecule has 0 N–H and O–H groups in total. The minimum Gasteiger partial charge on any atom is -0.139 e. The molecule has 1 aromatic heterocycles. The van der Waals surface area contributed by atoms with Gasteiger partial charge in [-0.3, -0.25) is 0 Å². The Hall–Kier alpha value is -0.830. The van der Waals surface area contributed by atoms with Crippen molar-refractivity contribution < 1.29 is 0 Å². The molecule has 0 aliphatic rings. The van der Waals surface area contributed by atoms with E-state index in [1.54, 1.807) is 0 Å². The van der Waals surface area contributed by atoms with Crippen LogP contribution in [0.4, 0.5) is 0 Å². The third-order valence-electron chi connectivity index (χ3n) is 3.06. The Labute approximate surface area is 130 Å². The predicted octanol–water partition coefficient (Wildman–Crippen LogP) is 6.23. The summed E-state index contributed by atoms with van der Waals surface area (Å²) in [6, 6.07) is 18.8. The van der Waals surface area contributed by atoms with Crippen molar-refractivity contribution in [1.29, 1.82) is 0 Å². The van der Waals surface area contributed by atoms with Crippen LogP contribution >= 0.6 is 38.9 Å². The third-order valence-corrected chi connectivity index (χ3v) is 5.64. The quantitative estimate of drug-likeness (QED) is 0.490. The van der Waals surface area contributed by atoms with E-state index in [-0.39, 0.29) is 0 Å². The van der Waals surface area contributed by atoms with Crippen molar-refractivity contribution in [3.63, 3.8) is 0 Å². The topological polar surface area (TPSA) is 0 Å². The first-order valence-electron chi connectivity index (χ1n) is 6.09. The molecule has 0 fully saturated rings. The molecule has 0 saturated heterocycles. The standard InChI is InChI=1S/C16H12BrClS/c17-14(9-11-4-3-6-13(18)8-11)16-10-12-5-1-2-7-15(12)19-16/h1-8,10,14H,9H2. The van der Waals surface area contributed by atoms with Crippen LogP contribution in [0.1, 0.15) is 15.3 Å². The molecule has 2 aromatic carbocycles. The summed E-state index contributed by atoms with van der Waals surface area (Å²) in [5.41, 5.74) is 1.26. The zero-order valence-electron chi connectivity index (χ0n) is 10.1. The van der Waals surface area contributed by atoms with Crippen molar-refractivity contribution in [3.05, 3.63) is 70.1 Å². The van der Waals surface area contributed by atoms with Crippen LogP contribution in [0.2, 0.25) is 5.02 Å². The molecule has 3 rings (SSSR count). The van der Waals surface area contributed by atoms with Gasteiger partial charge in [0.25, 0.3) is 0 Å². The Balaban J connectivity index is 1.85. The average molecular weight is 352 g/mol. The summed E-state index contributed by atoms with van der Waals surface area (Å²) in [4.78, 5) is 1.70. The first-order chi connectivity index (χ1) is 9.22. The first-order valence-corrected chi connectivity index (χ1v) is 8.20. The molecule has 3 heteroatoms. The number of alkyl halides is 1. The monoisotopic (exact) mass is 350 g/mol. The van der Waals surface area contributed by atoms with E-state index < -0.39 is 0 Å². The molecule has 1 heterocycles. The van der Waals surface area contributed by atoms with E-state index in [1.165, 1.54) is 20.5 Å². The summed E-state index contributed by atoms with van der Waals surface area (Å²) < 4.78 is 1.34. The lowest BCUT2D eigenvalue weighted by atomic mass is 10.1. The van der Waals surface area contributed by atoms with Gasteiger partial charge in [-0.05, 0) is 41.6 Å². The van der Waals surface area contributed by atoms with Gasteiger partial charge < -0.3 is 0 Å². The van der Waals surface area contributed by atoms with E-state index in [9.17, 15) is 0 Å². The number of hydrogen-bond acceptors (Lipinski definition) is 1. The number of thiophene rings is 1. The van der Waals surface area contributed by atoms with E-state index in [4.69, 9.17) is 11.6 Å². The van der Waals surface area contributed by atoms with Gasteiger partial charge >= 0.3 is 0 Å². The van der Waals surface area contributed by atoms with Crippen LogP contribution in [0, 0.1) is 0 Å². The molecule has 0 bridgehead atoms. The van der Waals surface area contributed by atoms with Crippen LogP contribution in [0.15, 0.2) is 54.6 Å². The minimum absolute atomic E-state index is 0.336. The van der Waals surface area contributed by atoms with Crippen LogP contribution < -0.4 is 0 Å². The highest BCUT2D eigenvalue weighted by Crippen LogP contribution is 2.36. The van der Waals surface area contributed by atoms with Crippen LogP contribution in [-0.4, -0.2) is 0 Å². The summed E-state index contributed by atoms with van der Waals surface area (Å²) in [5, 5.41) is 2.12. The molecule has 0 saturated carbocycles. The summed E-state index contributed by atoms with van der Waals surface area (Å²) in [6.07, 6.45) is 0.952. The fraction of sp³-hybridized carbons (Fsp3) is 0.125. The molecule has 0 radical (unpaired) electrons. The lowest BCUT2D eigenvalue weighted by Crippen LogP contribution is -1.92. The second-order valence-electron chi connectivity index (χ2n) is 4.49. The Bertz CT molecular complexity index is 672. The molecule has 0 aliphatic heterocycles. The molecule has 0 spiro atoms. The van der Waals surface area contributed by atoms with Crippen LogP contribution in [0.5, 0.6) is 0 Å². The van der Waals surface area contributed by atoms with Gasteiger partial charge in [0.2, 0.25) is 0 Å². The van der Waals surface area contributed by atoms with E-state index >= 15 is 0 Å². The molecule has 0 aliphatic carbocycles. The van der Waals surface area contributed by atoms with Gasteiger partial charge in [0.15, 0.2) is 0 Å². The molecule has 3 aromatic rings. The van der Waals surface area contributed by atoms with Gasteiger partial charge in [0.05, 0.1) is 4.83 Å². The van der Waals surface area contributed by atoms with Gasteiger partial charge in [-0.1, -0.05) is 57.9 Å². The number of hydrogen-bond donors (Lipinski definition) is 0. The highest BCUT2D eigenvalue weighted by Gasteiger charge is 2.12. The van der Waals surface area contributed by atoms with Gasteiger partial charge in [0.1, 0.15) is 0 Å². The lowest BCUT2D eigenvalue weighted by Gasteiger charge is -2.07. The fourth-order valence-electron chi connectivity index (χ4n) is 2.13. The van der Waals surface area contributed by atoms with Crippen molar-refractivity contribution in [2.75, 3.05) is 0 Å². The highest BCUT2D eigenvalue weighted by atomic mass is 79.9. The summed E-state index contributed by atoms with van der Waals surface area (Å²) in [5.74, 6) is 0. The van der Waals surface area contributed by atoms with Gasteiger partial charge in [-0.15, -0.1) is 11.3 Å². The molecule has 19 heavy (non-hydrogen) atoms. The number of benzene rings is 2. The van der Waals surface area contributed by atoms with Crippen molar-refractivity contribution >= 4 is 49.0 Å². The molecule has 96 valence electrons. The Morgan fingerprint density at radius 3 is 2.68 bits per heavy atom. The van der Waals surface area contributed by atoms with E-state index in [0.29, 0.717) is 4.83 Å². The van der Waals surface area contributed by atoms with Gasteiger partial charge in [-0.2, -0.15) is 0 Å². The van der Waals surface area contributed by atoms with Crippen molar-refractivity contribution in [2.24, 2.45) is 0 Å². The van der Waals surface area contributed by atoms with E-state index in [2.05, 4.69) is 52.3 Å². The zero-order valence-corrected chi connectivity index (χ0v) is 13.3. The molecule has 0 nitrogen and oxygen atoms in total. The molecular formula is C16H12BrClS. The molecular weight excluding hydrogens is 340 g/mol. The Kier molecular flexibility index (Phi) is 3.92. The summed E-state index contributed by atoms with van der Waals surface area (Å²) in [6.45, 7) is 0. The maximum absolute atomic E-state index is 6.03. The molecule has 1 unspecified atom stereocenters. The van der Waals surface area contributed by atoms with Crippen LogP contribution in [0.3, 0.4) is 0 Å². The molecule has 1 atom stereocenters. The number of halogens is 2. The molecule has 0 amide bonds. The van der Waals surface area contributed by atoms with Crippen molar-refractivity contribution in [2.45, 2.75) is 11.2 Å². The second kappa shape index (κ2) is 5.66. The highest BCUT2D eigenvalue weighted by molar-refractivity contribution is 9.09. The SMILES string of the molecule is Clc1cccc(CC(Br)c2cc3ccccc3s2)c1. The zero-order chi connectivity index (χ0) is 13.2. The Morgan fingerprint density at radius 1 is 1.05 bits per heavy atom. The smallest absolute Gasteiger partial charge is 0.0529 e. The van der Waals surface area contributed by atoms with Crippen molar-refractivity contribution in [3.8, 4) is 0 Å². The van der Waals surface area contributed by atoms with Gasteiger partial charge in [-0.25, -0.2) is 0 Å². The van der Waals surface area contributed by atoms with Crippen LogP contribution in [-0.2, 0) is 6.42 Å². The fourth-order valence-corrected chi connectivity index (χ4v) is 4.17.